The van der Waals surface area contributed by atoms with Crippen molar-refractivity contribution in [1.82, 2.24) is 10.2 Å². The number of rotatable bonds is 7. The molecule has 154 valence electrons. The highest BCUT2D eigenvalue weighted by Gasteiger charge is 2.22. The lowest BCUT2D eigenvalue weighted by Gasteiger charge is -2.23. The molecule has 0 aliphatic heterocycles. The number of carbonyl (C=O) groups excluding carboxylic acids is 2. The van der Waals surface area contributed by atoms with E-state index in [1.54, 1.807) is 36.2 Å². The fourth-order valence-electron chi connectivity index (χ4n) is 3.10. The molecule has 0 radical (unpaired) electrons. The first-order valence-electron chi connectivity index (χ1n) is 9.53. The van der Waals surface area contributed by atoms with Crippen LogP contribution in [0.5, 0.6) is 0 Å². The Morgan fingerprint density at radius 3 is 2.27 bits per heavy atom. The van der Waals surface area contributed by atoms with Gasteiger partial charge in [0.15, 0.2) is 0 Å². The number of nitrogens with one attached hydrogen (secondary N) is 1. The first kappa shape index (κ1) is 22.1. The van der Waals surface area contributed by atoms with E-state index in [1.807, 2.05) is 54.6 Å². The summed E-state index contributed by atoms with van der Waals surface area (Å²) in [5.74, 6) is -0.371. The third kappa shape index (κ3) is 5.94. The minimum Gasteiger partial charge on any atom is -0.345 e. The minimum absolute atomic E-state index is 0.0637. The van der Waals surface area contributed by atoms with Crippen molar-refractivity contribution in [2.24, 2.45) is 0 Å². The van der Waals surface area contributed by atoms with Crippen LogP contribution in [0, 0.1) is 0 Å². The molecule has 1 N–H and O–H groups in total. The standard InChI is InChI=1S/C24H22BrClN2O2/c1-28(16-17-11-13-19(25)14-12-17)23(29)15-22(18-7-3-2-4-8-18)27-24(30)20-9-5-6-10-21(20)26/h2-14,22H,15-16H2,1H3,(H,27,30). The van der Waals surface area contributed by atoms with E-state index in [4.69, 9.17) is 11.6 Å². The molecule has 3 rings (SSSR count). The van der Waals surface area contributed by atoms with Gasteiger partial charge in [0.1, 0.15) is 0 Å². The fraction of sp³-hybridized carbons (Fsp3) is 0.167. The Hall–Kier alpha value is -2.63. The van der Waals surface area contributed by atoms with Crippen molar-refractivity contribution in [2.75, 3.05) is 7.05 Å². The SMILES string of the molecule is CN(Cc1ccc(Br)cc1)C(=O)CC(NC(=O)c1ccccc1Cl)c1ccccc1. The summed E-state index contributed by atoms with van der Waals surface area (Å²) in [5, 5.41) is 3.35. The van der Waals surface area contributed by atoms with Gasteiger partial charge < -0.3 is 10.2 Å². The monoisotopic (exact) mass is 484 g/mol. The molecule has 30 heavy (non-hydrogen) atoms. The second-order valence-electron chi connectivity index (χ2n) is 7.00. The average Bonchev–Trinajstić information content (AvgIpc) is 2.75. The zero-order chi connectivity index (χ0) is 21.5. The van der Waals surface area contributed by atoms with Crippen molar-refractivity contribution in [3.8, 4) is 0 Å². The molecule has 0 saturated heterocycles. The lowest BCUT2D eigenvalue weighted by molar-refractivity contribution is -0.130. The molecule has 0 aliphatic carbocycles. The Labute approximate surface area is 190 Å². The van der Waals surface area contributed by atoms with Crippen LogP contribution in [0.25, 0.3) is 0 Å². The van der Waals surface area contributed by atoms with Crippen molar-refractivity contribution in [1.29, 1.82) is 0 Å². The normalized spacial score (nSPS) is 11.6. The molecule has 0 saturated carbocycles. The van der Waals surface area contributed by atoms with Crippen LogP contribution in [-0.2, 0) is 11.3 Å². The maximum atomic E-state index is 12.9. The number of benzene rings is 3. The molecule has 2 amide bonds. The van der Waals surface area contributed by atoms with Crippen molar-refractivity contribution >= 4 is 39.3 Å². The van der Waals surface area contributed by atoms with Crippen LogP contribution in [0.4, 0.5) is 0 Å². The Kier molecular flexibility index (Phi) is 7.66. The predicted octanol–water partition coefficient (Wildman–Crippen LogP) is 5.62. The van der Waals surface area contributed by atoms with Crippen LogP contribution < -0.4 is 5.32 Å². The molecular formula is C24H22BrClN2O2. The number of nitrogens with zero attached hydrogens (tertiary/aromatic N) is 1. The largest absolute Gasteiger partial charge is 0.345 e. The van der Waals surface area contributed by atoms with E-state index in [-0.39, 0.29) is 18.2 Å². The third-order valence-electron chi connectivity index (χ3n) is 4.76. The van der Waals surface area contributed by atoms with Crippen LogP contribution in [-0.4, -0.2) is 23.8 Å². The molecule has 1 unspecified atom stereocenters. The predicted molar refractivity (Wildman–Crippen MR) is 123 cm³/mol. The van der Waals surface area contributed by atoms with Crippen LogP contribution in [0.3, 0.4) is 0 Å². The third-order valence-corrected chi connectivity index (χ3v) is 5.62. The van der Waals surface area contributed by atoms with Gasteiger partial charge in [-0.2, -0.15) is 0 Å². The van der Waals surface area contributed by atoms with Gasteiger partial charge in [-0.25, -0.2) is 0 Å². The summed E-state index contributed by atoms with van der Waals surface area (Å²) in [6.45, 7) is 0.492. The molecule has 1 atom stereocenters. The molecule has 0 aromatic heterocycles. The molecule has 0 aliphatic rings. The summed E-state index contributed by atoms with van der Waals surface area (Å²) in [5.41, 5.74) is 2.28. The highest BCUT2D eigenvalue weighted by molar-refractivity contribution is 9.10. The van der Waals surface area contributed by atoms with Crippen molar-refractivity contribution in [3.63, 3.8) is 0 Å². The summed E-state index contributed by atoms with van der Waals surface area (Å²) in [7, 11) is 1.77. The van der Waals surface area contributed by atoms with Gasteiger partial charge >= 0.3 is 0 Å². The summed E-state index contributed by atoms with van der Waals surface area (Å²) in [6.07, 6.45) is 0.146. The van der Waals surface area contributed by atoms with Gasteiger partial charge in [-0.1, -0.05) is 82.1 Å². The molecule has 0 fully saturated rings. The van der Waals surface area contributed by atoms with E-state index in [9.17, 15) is 9.59 Å². The quantitative estimate of drug-likeness (QED) is 0.472. The Bertz CT molecular complexity index is 1010. The summed E-state index contributed by atoms with van der Waals surface area (Å²) < 4.78 is 0.992. The van der Waals surface area contributed by atoms with Crippen LogP contribution in [0.2, 0.25) is 5.02 Å². The summed E-state index contributed by atoms with van der Waals surface area (Å²) in [4.78, 5) is 27.4. The highest BCUT2D eigenvalue weighted by atomic mass is 79.9. The van der Waals surface area contributed by atoms with E-state index in [0.29, 0.717) is 17.1 Å². The van der Waals surface area contributed by atoms with Crippen molar-refractivity contribution in [3.05, 3.63) is 105 Å². The zero-order valence-corrected chi connectivity index (χ0v) is 18.9. The number of hydrogen-bond acceptors (Lipinski definition) is 2. The molecule has 0 spiro atoms. The highest BCUT2D eigenvalue weighted by Crippen LogP contribution is 2.21. The Balaban J connectivity index is 1.74. The van der Waals surface area contributed by atoms with Crippen molar-refractivity contribution in [2.45, 2.75) is 19.0 Å². The first-order valence-corrected chi connectivity index (χ1v) is 10.7. The molecule has 3 aromatic carbocycles. The Morgan fingerprint density at radius 2 is 1.60 bits per heavy atom. The van der Waals surface area contributed by atoms with Crippen LogP contribution in [0.1, 0.15) is 33.9 Å². The maximum Gasteiger partial charge on any atom is 0.253 e. The van der Waals surface area contributed by atoms with Crippen LogP contribution in [0.15, 0.2) is 83.3 Å². The second-order valence-corrected chi connectivity index (χ2v) is 8.32. The van der Waals surface area contributed by atoms with E-state index in [2.05, 4.69) is 21.2 Å². The molecule has 6 heteroatoms. The van der Waals surface area contributed by atoms with Gasteiger partial charge in [-0.15, -0.1) is 0 Å². The van der Waals surface area contributed by atoms with E-state index in [1.165, 1.54) is 0 Å². The second kappa shape index (κ2) is 10.4. The Morgan fingerprint density at radius 1 is 0.967 bits per heavy atom. The fourth-order valence-corrected chi connectivity index (χ4v) is 3.59. The lowest BCUT2D eigenvalue weighted by atomic mass is 10.0. The zero-order valence-electron chi connectivity index (χ0n) is 16.5. The topological polar surface area (TPSA) is 49.4 Å². The van der Waals surface area contributed by atoms with Gasteiger partial charge in [0.25, 0.3) is 5.91 Å². The maximum absolute atomic E-state index is 12.9. The van der Waals surface area contributed by atoms with E-state index >= 15 is 0 Å². The van der Waals surface area contributed by atoms with E-state index < -0.39 is 6.04 Å². The van der Waals surface area contributed by atoms with Gasteiger partial charge in [-0.3, -0.25) is 9.59 Å². The summed E-state index contributed by atoms with van der Waals surface area (Å²) >= 11 is 9.58. The number of hydrogen-bond donors (Lipinski definition) is 1. The average molecular weight is 486 g/mol. The molecule has 3 aromatic rings. The molecule has 4 nitrogen and oxygen atoms in total. The first-order chi connectivity index (χ1) is 14.4. The molecule has 0 bridgehead atoms. The smallest absolute Gasteiger partial charge is 0.253 e. The molecule has 0 heterocycles. The minimum atomic E-state index is -0.463. The van der Waals surface area contributed by atoms with Crippen LogP contribution >= 0.6 is 27.5 Å². The van der Waals surface area contributed by atoms with Crippen molar-refractivity contribution < 1.29 is 9.59 Å². The van der Waals surface area contributed by atoms with Gasteiger partial charge in [0.05, 0.1) is 23.0 Å². The summed E-state index contributed by atoms with van der Waals surface area (Å²) in [6, 6.07) is 23.7. The molecular weight excluding hydrogens is 464 g/mol. The van der Waals surface area contributed by atoms with E-state index in [0.717, 1.165) is 15.6 Å². The lowest BCUT2D eigenvalue weighted by Crippen LogP contribution is -2.34. The van der Waals surface area contributed by atoms with Gasteiger partial charge in [0.2, 0.25) is 5.91 Å². The number of halogens is 2. The van der Waals surface area contributed by atoms with Gasteiger partial charge in [-0.05, 0) is 35.4 Å². The number of amides is 2. The number of carbonyl (C=O) groups is 2. The van der Waals surface area contributed by atoms with Gasteiger partial charge in [0, 0.05) is 18.1 Å².